The predicted octanol–water partition coefficient (Wildman–Crippen LogP) is 3.44. The Labute approximate surface area is 195 Å². The van der Waals surface area contributed by atoms with Crippen LogP contribution in [-0.2, 0) is 25.5 Å². The lowest BCUT2D eigenvalue weighted by Gasteiger charge is -2.08. The van der Waals surface area contributed by atoms with Crippen LogP contribution in [0.3, 0.4) is 0 Å². The first-order chi connectivity index (χ1) is 15.8. The molecular weight excluding hydrogens is 448 g/mol. The molecule has 0 aliphatic rings. The van der Waals surface area contributed by atoms with Gasteiger partial charge in [-0.3, -0.25) is 9.59 Å². The number of benzene rings is 1. The first-order valence-corrected chi connectivity index (χ1v) is 10.5. The van der Waals surface area contributed by atoms with Gasteiger partial charge in [0.2, 0.25) is 0 Å². The number of esters is 2. The monoisotopic (exact) mass is 470 g/mol. The molecule has 33 heavy (non-hydrogen) atoms. The van der Waals surface area contributed by atoms with Crippen molar-refractivity contribution in [2.24, 2.45) is 0 Å². The molecule has 0 aliphatic heterocycles. The highest BCUT2D eigenvalue weighted by molar-refractivity contribution is 6.30. The third-order valence-electron chi connectivity index (χ3n) is 4.92. The number of halogens is 1. The van der Waals surface area contributed by atoms with Gasteiger partial charge in [-0.15, -0.1) is 0 Å². The summed E-state index contributed by atoms with van der Waals surface area (Å²) in [7, 11) is 1.36. The van der Waals surface area contributed by atoms with Crippen molar-refractivity contribution in [3.63, 3.8) is 0 Å². The van der Waals surface area contributed by atoms with E-state index < -0.39 is 18.5 Å². The number of aromatic nitrogens is 3. The van der Waals surface area contributed by atoms with Crippen LogP contribution in [0, 0.1) is 13.8 Å². The maximum absolute atomic E-state index is 12.3. The smallest absolute Gasteiger partial charge is 0.338 e. The molecule has 0 radical (unpaired) electrons. The summed E-state index contributed by atoms with van der Waals surface area (Å²) in [6.07, 6.45) is 2.20. The van der Waals surface area contributed by atoms with Crippen molar-refractivity contribution in [2.45, 2.75) is 26.7 Å². The fourth-order valence-corrected chi connectivity index (χ4v) is 3.31. The molecule has 0 aliphatic carbocycles. The van der Waals surface area contributed by atoms with Crippen LogP contribution in [0.1, 0.15) is 33.7 Å². The van der Waals surface area contributed by atoms with E-state index in [4.69, 9.17) is 21.1 Å². The topological polar surface area (TPSA) is 112 Å². The molecule has 2 heterocycles. The van der Waals surface area contributed by atoms with Crippen molar-refractivity contribution < 1.29 is 23.9 Å². The number of pyridine rings is 1. The van der Waals surface area contributed by atoms with E-state index in [2.05, 4.69) is 15.4 Å². The molecule has 172 valence electrons. The van der Waals surface area contributed by atoms with Crippen LogP contribution < -0.4 is 5.32 Å². The fourth-order valence-electron chi connectivity index (χ4n) is 3.20. The number of hydrogen-bond donors (Lipinski definition) is 1. The average Bonchev–Trinajstić information content (AvgIpc) is 3.10. The number of methoxy groups -OCH3 is 1. The lowest BCUT2D eigenvalue weighted by Crippen LogP contribution is -2.21. The van der Waals surface area contributed by atoms with E-state index in [-0.39, 0.29) is 12.4 Å². The van der Waals surface area contributed by atoms with E-state index in [0.29, 0.717) is 22.8 Å². The third-order valence-corrected chi connectivity index (χ3v) is 5.15. The molecule has 1 N–H and O–H groups in total. The molecule has 0 fully saturated rings. The predicted molar refractivity (Wildman–Crippen MR) is 122 cm³/mol. The molecule has 10 heteroatoms. The third kappa shape index (κ3) is 6.17. The second-order valence-electron chi connectivity index (χ2n) is 7.17. The van der Waals surface area contributed by atoms with Crippen LogP contribution in [0.25, 0.3) is 5.69 Å². The van der Waals surface area contributed by atoms with Crippen LogP contribution in [-0.4, -0.2) is 46.3 Å². The number of ether oxygens (including phenoxy) is 2. The molecule has 1 aromatic carbocycles. The minimum Gasteiger partial charge on any atom is -0.469 e. The molecule has 0 saturated carbocycles. The van der Waals surface area contributed by atoms with Gasteiger partial charge in [0.15, 0.2) is 6.61 Å². The maximum atomic E-state index is 12.3. The lowest BCUT2D eigenvalue weighted by molar-refractivity contribution is -0.140. The maximum Gasteiger partial charge on any atom is 0.338 e. The van der Waals surface area contributed by atoms with Gasteiger partial charge < -0.3 is 14.8 Å². The SMILES string of the molecule is COC(=O)CCc1c(C)nn(-c2ccc(C(=O)OCC(=O)Nc3ccc(Cl)cn3)cc2)c1C. The summed E-state index contributed by atoms with van der Waals surface area (Å²) in [5.74, 6) is -1.12. The van der Waals surface area contributed by atoms with E-state index in [9.17, 15) is 14.4 Å². The zero-order valence-corrected chi connectivity index (χ0v) is 19.2. The van der Waals surface area contributed by atoms with Gasteiger partial charge in [-0.2, -0.15) is 5.10 Å². The highest BCUT2D eigenvalue weighted by Crippen LogP contribution is 2.20. The van der Waals surface area contributed by atoms with Gasteiger partial charge in [0.1, 0.15) is 5.82 Å². The standard InChI is InChI=1S/C23H23ClN4O5/c1-14-19(9-11-22(30)32-3)15(2)28(27-14)18-7-4-16(5-8-18)23(31)33-13-21(29)26-20-10-6-17(24)12-25-20/h4-8,10,12H,9,11,13H2,1-3H3,(H,25,26,29). The van der Waals surface area contributed by atoms with Crippen LogP contribution in [0.15, 0.2) is 42.6 Å². The van der Waals surface area contributed by atoms with Crippen molar-refractivity contribution in [1.82, 2.24) is 14.8 Å². The number of hydrogen-bond acceptors (Lipinski definition) is 7. The molecule has 1 amide bonds. The summed E-state index contributed by atoms with van der Waals surface area (Å²) in [5, 5.41) is 7.50. The van der Waals surface area contributed by atoms with Gasteiger partial charge in [-0.25, -0.2) is 14.5 Å². The Morgan fingerprint density at radius 1 is 1.09 bits per heavy atom. The second kappa shape index (κ2) is 10.7. The average molecular weight is 471 g/mol. The molecular formula is C23H23ClN4O5. The van der Waals surface area contributed by atoms with E-state index in [1.165, 1.54) is 13.3 Å². The summed E-state index contributed by atoms with van der Waals surface area (Å²) < 4.78 is 11.5. The first-order valence-electron chi connectivity index (χ1n) is 10.1. The Hall–Kier alpha value is -3.72. The summed E-state index contributed by atoms with van der Waals surface area (Å²) >= 11 is 5.75. The second-order valence-corrected chi connectivity index (χ2v) is 7.61. The van der Waals surface area contributed by atoms with Crippen LogP contribution in [0.2, 0.25) is 5.02 Å². The number of amides is 1. The van der Waals surface area contributed by atoms with E-state index in [1.807, 2.05) is 13.8 Å². The number of anilines is 1. The zero-order valence-electron chi connectivity index (χ0n) is 18.4. The number of carbonyl (C=O) groups is 3. The van der Waals surface area contributed by atoms with Crippen LogP contribution >= 0.6 is 11.6 Å². The molecule has 0 atom stereocenters. The fraction of sp³-hybridized carbons (Fsp3) is 0.261. The number of nitrogens with one attached hydrogen (secondary N) is 1. The van der Waals surface area contributed by atoms with Crippen molar-refractivity contribution in [3.8, 4) is 5.69 Å². The summed E-state index contributed by atoms with van der Waals surface area (Å²) in [6.45, 7) is 3.35. The number of aryl methyl sites for hydroxylation is 1. The van der Waals surface area contributed by atoms with Gasteiger partial charge in [0.25, 0.3) is 5.91 Å². The molecule has 9 nitrogen and oxygen atoms in total. The summed E-state index contributed by atoms with van der Waals surface area (Å²) in [6, 6.07) is 9.79. The Kier molecular flexibility index (Phi) is 7.78. The zero-order chi connectivity index (χ0) is 24.0. The van der Waals surface area contributed by atoms with Crippen molar-refractivity contribution >= 4 is 35.3 Å². The number of carbonyl (C=O) groups excluding carboxylic acids is 3. The van der Waals surface area contributed by atoms with Gasteiger partial charge in [0.05, 0.1) is 29.1 Å². The molecule has 0 saturated heterocycles. The highest BCUT2D eigenvalue weighted by Gasteiger charge is 2.16. The van der Waals surface area contributed by atoms with Crippen molar-refractivity contribution in [1.29, 1.82) is 0 Å². The van der Waals surface area contributed by atoms with Crippen LogP contribution in [0.4, 0.5) is 5.82 Å². The first kappa shape index (κ1) is 23.9. The molecule has 0 bridgehead atoms. The largest absolute Gasteiger partial charge is 0.469 e. The Morgan fingerprint density at radius 2 is 1.82 bits per heavy atom. The van der Waals surface area contributed by atoms with Crippen LogP contribution in [0.5, 0.6) is 0 Å². The van der Waals surface area contributed by atoms with E-state index in [0.717, 1.165) is 22.6 Å². The minimum absolute atomic E-state index is 0.274. The van der Waals surface area contributed by atoms with Gasteiger partial charge in [-0.05, 0) is 62.2 Å². The molecule has 2 aromatic heterocycles. The quantitative estimate of drug-likeness (QED) is 0.502. The molecule has 3 aromatic rings. The summed E-state index contributed by atoms with van der Waals surface area (Å²) in [5.41, 5.74) is 3.75. The normalized spacial score (nSPS) is 10.5. The van der Waals surface area contributed by atoms with E-state index in [1.54, 1.807) is 41.1 Å². The van der Waals surface area contributed by atoms with Crippen molar-refractivity contribution in [3.05, 3.63) is 70.1 Å². The Balaban J connectivity index is 1.60. The van der Waals surface area contributed by atoms with Crippen molar-refractivity contribution in [2.75, 3.05) is 19.0 Å². The number of rotatable bonds is 8. The summed E-state index contributed by atoms with van der Waals surface area (Å²) in [4.78, 5) is 39.7. The van der Waals surface area contributed by atoms with E-state index >= 15 is 0 Å². The molecule has 0 spiro atoms. The molecule has 0 unspecified atom stereocenters. The lowest BCUT2D eigenvalue weighted by atomic mass is 10.1. The Bertz CT molecular complexity index is 1160. The van der Waals surface area contributed by atoms with Gasteiger partial charge in [0, 0.05) is 18.3 Å². The molecule has 3 rings (SSSR count). The highest BCUT2D eigenvalue weighted by atomic mass is 35.5. The number of nitrogens with zero attached hydrogens (tertiary/aromatic N) is 3. The van der Waals surface area contributed by atoms with Gasteiger partial charge in [-0.1, -0.05) is 11.6 Å². The minimum atomic E-state index is -0.632. The van der Waals surface area contributed by atoms with Gasteiger partial charge >= 0.3 is 11.9 Å². The Morgan fingerprint density at radius 3 is 2.45 bits per heavy atom.